The summed E-state index contributed by atoms with van der Waals surface area (Å²) in [4.78, 5) is 0. The summed E-state index contributed by atoms with van der Waals surface area (Å²) in [5, 5.41) is 8.69. The molecule has 1 aromatic rings. The quantitative estimate of drug-likeness (QED) is 0.736. The van der Waals surface area contributed by atoms with Crippen LogP contribution in [-0.4, -0.2) is 5.54 Å². The third-order valence-corrected chi connectivity index (χ3v) is 2.50. The van der Waals surface area contributed by atoms with Crippen LogP contribution >= 0.6 is 0 Å². The third-order valence-electron chi connectivity index (χ3n) is 2.50. The molecule has 0 aliphatic heterocycles. The van der Waals surface area contributed by atoms with Crippen LogP contribution in [0.2, 0.25) is 0 Å². The predicted octanol–water partition coefficient (Wildman–Crippen LogP) is 1.59. The lowest BCUT2D eigenvalue weighted by atomic mass is 10.0. The lowest BCUT2D eigenvalue weighted by Gasteiger charge is -2.07. The molecule has 2 N–H and O–H groups in total. The molecule has 1 aliphatic carbocycles. The van der Waals surface area contributed by atoms with Crippen LogP contribution in [0.1, 0.15) is 24.0 Å². The van der Waals surface area contributed by atoms with E-state index in [4.69, 9.17) is 11.0 Å². The van der Waals surface area contributed by atoms with Gasteiger partial charge in [0.25, 0.3) is 0 Å². The molecular formula is C11H12N2. The van der Waals surface area contributed by atoms with E-state index in [1.807, 2.05) is 24.3 Å². The van der Waals surface area contributed by atoms with E-state index in [-0.39, 0.29) is 5.54 Å². The molecule has 2 heteroatoms. The van der Waals surface area contributed by atoms with Crippen molar-refractivity contribution in [1.29, 1.82) is 5.26 Å². The van der Waals surface area contributed by atoms with Crippen molar-refractivity contribution in [3.63, 3.8) is 0 Å². The maximum absolute atomic E-state index is 8.69. The number of hydrogen-bond donors (Lipinski definition) is 1. The maximum atomic E-state index is 8.69. The smallest absolute Gasteiger partial charge is 0.0991 e. The Morgan fingerprint density at radius 2 is 2.23 bits per heavy atom. The van der Waals surface area contributed by atoms with E-state index in [2.05, 4.69) is 6.07 Å². The second-order valence-corrected chi connectivity index (χ2v) is 3.85. The molecule has 0 aromatic heterocycles. The molecule has 1 aromatic carbocycles. The minimum absolute atomic E-state index is 0.0358. The Balaban J connectivity index is 2.17. The molecule has 0 amide bonds. The normalized spacial score (nSPS) is 17.8. The minimum Gasteiger partial charge on any atom is -0.325 e. The second-order valence-electron chi connectivity index (χ2n) is 3.85. The fourth-order valence-electron chi connectivity index (χ4n) is 1.49. The second kappa shape index (κ2) is 2.86. The summed E-state index contributed by atoms with van der Waals surface area (Å²) in [6, 6.07) is 9.83. The summed E-state index contributed by atoms with van der Waals surface area (Å²) >= 11 is 0. The third kappa shape index (κ3) is 1.88. The summed E-state index contributed by atoms with van der Waals surface area (Å²) in [6.45, 7) is 0. The highest BCUT2D eigenvalue weighted by Crippen LogP contribution is 2.35. The number of hydrogen-bond acceptors (Lipinski definition) is 2. The lowest BCUT2D eigenvalue weighted by Crippen LogP contribution is -2.24. The molecule has 13 heavy (non-hydrogen) atoms. The van der Waals surface area contributed by atoms with Gasteiger partial charge in [-0.1, -0.05) is 12.1 Å². The molecule has 2 nitrogen and oxygen atoms in total. The SMILES string of the molecule is N#Cc1cccc(CC2(N)CC2)c1. The van der Waals surface area contributed by atoms with Crippen LogP contribution < -0.4 is 5.73 Å². The van der Waals surface area contributed by atoms with Crippen molar-refractivity contribution in [3.8, 4) is 6.07 Å². The molecule has 1 fully saturated rings. The van der Waals surface area contributed by atoms with Gasteiger partial charge in [0.2, 0.25) is 0 Å². The van der Waals surface area contributed by atoms with E-state index < -0.39 is 0 Å². The van der Waals surface area contributed by atoms with E-state index in [0.29, 0.717) is 0 Å². The monoisotopic (exact) mass is 172 g/mol. The minimum atomic E-state index is 0.0358. The van der Waals surface area contributed by atoms with E-state index in [0.717, 1.165) is 24.8 Å². The lowest BCUT2D eigenvalue weighted by molar-refractivity contribution is 0.672. The Hall–Kier alpha value is -1.33. The molecule has 0 atom stereocenters. The van der Waals surface area contributed by atoms with Crippen LogP contribution in [0.5, 0.6) is 0 Å². The van der Waals surface area contributed by atoms with Gasteiger partial charge in [0, 0.05) is 5.54 Å². The van der Waals surface area contributed by atoms with Gasteiger partial charge in [-0.15, -0.1) is 0 Å². The van der Waals surface area contributed by atoms with Crippen molar-refractivity contribution in [1.82, 2.24) is 0 Å². The standard InChI is InChI=1S/C11H12N2/c12-8-10-3-1-2-9(6-10)7-11(13)4-5-11/h1-3,6H,4-5,7,13H2. The van der Waals surface area contributed by atoms with Crippen molar-refractivity contribution < 1.29 is 0 Å². The average molecular weight is 172 g/mol. The van der Waals surface area contributed by atoms with Crippen LogP contribution in [0.15, 0.2) is 24.3 Å². The van der Waals surface area contributed by atoms with Crippen LogP contribution in [0, 0.1) is 11.3 Å². The van der Waals surface area contributed by atoms with Crippen LogP contribution in [0.25, 0.3) is 0 Å². The number of nitrogens with two attached hydrogens (primary N) is 1. The topological polar surface area (TPSA) is 49.8 Å². The summed E-state index contributed by atoms with van der Waals surface area (Å²) in [5.41, 5.74) is 7.93. The van der Waals surface area contributed by atoms with E-state index in [9.17, 15) is 0 Å². The average Bonchev–Trinajstić information content (AvgIpc) is 2.84. The Labute approximate surface area is 78.0 Å². The number of rotatable bonds is 2. The Morgan fingerprint density at radius 1 is 1.46 bits per heavy atom. The highest BCUT2D eigenvalue weighted by Gasteiger charge is 2.37. The van der Waals surface area contributed by atoms with Gasteiger partial charge in [-0.05, 0) is 37.0 Å². The summed E-state index contributed by atoms with van der Waals surface area (Å²) < 4.78 is 0. The molecule has 0 radical (unpaired) electrons. The van der Waals surface area contributed by atoms with Crippen LogP contribution in [-0.2, 0) is 6.42 Å². The molecule has 0 bridgehead atoms. The fourth-order valence-corrected chi connectivity index (χ4v) is 1.49. The molecular weight excluding hydrogens is 160 g/mol. The summed E-state index contributed by atoms with van der Waals surface area (Å²) in [5.74, 6) is 0. The Bertz CT molecular complexity index is 359. The number of nitrogens with zero attached hydrogens (tertiary/aromatic N) is 1. The zero-order valence-electron chi connectivity index (χ0n) is 7.46. The van der Waals surface area contributed by atoms with Crippen molar-refractivity contribution in [2.75, 3.05) is 0 Å². The molecule has 66 valence electrons. The van der Waals surface area contributed by atoms with Gasteiger partial charge in [0.1, 0.15) is 0 Å². The van der Waals surface area contributed by atoms with Gasteiger partial charge in [-0.3, -0.25) is 0 Å². The zero-order chi connectivity index (χ0) is 9.31. The Morgan fingerprint density at radius 3 is 2.85 bits per heavy atom. The molecule has 0 saturated heterocycles. The van der Waals surface area contributed by atoms with E-state index in [1.54, 1.807) is 0 Å². The summed E-state index contributed by atoms with van der Waals surface area (Å²) in [7, 11) is 0. The van der Waals surface area contributed by atoms with Crippen molar-refractivity contribution in [3.05, 3.63) is 35.4 Å². The van der Waals surface area contributed by atoms with Crippen molar-refractivity contribution in [2.24, 2.45) is 5.73 Å². The maximum Gasteiger partial charge on any atom is 0.0991 e. The van der Waals surface area contributed by atoms with Gasteiger partial charge < -0.3 is 5.73 Å². The van der Waals surface area contributed by atoms with Gasteiger partial charge in [-0.2, -0.15) is 5.26 Å². The van der Waals surface area contributed by atoms with E-state index >= 15 is 0 Å². The van der Waals surface area contributed by atoms with E-state index in [1.165, 1.54) is 5.56 Å². The first-order valence-corrected chi connectivity index (χ1v) is 4.50. The first kappa shape index (κ1) is 8.28. The highest BCUT2D eigenvalue weighted by atomic mass is 14.8. The molecule has 2 rings (SSSR count). The van der Waals surface area contributed by atoms with Gasteiger partial charge in [0.15, 0.2) is 0 Å². The first-order chi connectivity index (χ1) is 6.22. The largest absolute Gasteiger partial charge is 0.325 e. The molecule has 0 unspecified atom stereocenters. The molecule has 0 spiro atoms. The van der Waals surface area contributed by atoms with Gasteiger partial charge in [0.05, 0.1) is 11.6 Å². The zero-order valence-corrected chi connectivity index (χ0v) is 7.46. The Kier molecular flexibility index (Phi) is 1.82. The fraction of sp³-hybridized carbons (Fsp3) is 0.364. The first-order valence-electron chi connectivity index (χ1n) is 4.50. The number of benzene rings is 1. The van der Waals surface area contributed by atoms with Gasteiger partial charge >= 0.3 is 0 Å². The summed E-state index contributed by atoms with van der Waals surface area (Å²) in [6.07, 6.45) is 3.14. The number of nitriles is 1. The van der Waals surface area contributed by atoms with Crippen molar-refractivity contribution in [2.45, 2.75) is 24.8 Å². The van der Waals surface area contributed by atoms with Crippen LogP contribution in [0.4, 0.5) is 0 Å². The predicted molar refractivity (Wildman–Crippen MR) is 51.0 cm³/mol. The van der Waals surface area contributed by atoms with Crippen LogP contribution in [0.3, 0.4) is 0 Å². The molecule has 1 aliphatic rings. The molecule has 0 heterocycles. The van der Waals surface area contributed by atoms with Crippen molar-refractivity contribution >= 4 is 0 Å². The highest BCUT2D eigenvalue weighted by molar-refractivity contribution is 5.34. The molecule has 1 saturated carbocycles. The van der Waals surface area contributed by atoms with Gasteiger partial charge in [-0.25, -0.2) is 0 Å².